The summed E-state index contributed by atoms with van der Waals surface area (Å²) in [4.78, 5) is 17.8. The molecule has 1 fully saturated rings. The number of aromatic nitrogens is 1. The maximum absolute atomic E-state index is 12.9. The minimum atomic E-state index is 0. The first-order valence-electron chi connectivity index (χ1n) is 13.9. The molecule has 192 valence electrons. The smallest absolute Gasteiger partial charge is 0.133 e. The van der Waals surface area contributed by atoms with Gasteiger partial charge < -0.3 is 0 Å². The molecule has 2 nitrogen and oxygen atoms in total. The number of nitrogens with zero attached hydrogens (tertiary/aromatic N) is 1. The SMILES string of the molecule is Cc1cnc(C2CCC[C@@H](CC(=O)CCc3cccc(/C=C\CCC(C)C)c3)C2)c2c1CCC=C2.[HH].[HH].[HH]. The van der Waals surface area contributed by atoms with Crippen LogP contribution >= 0.6 is 0 Å². The molecule has 0 radical (unpaired) electrons. The topological polar surface area (TPSA) is 30.0 Å². The van der Waals surface area contributed by atoms with Gasteiger partial charge in [0.05, 0.1) is 5.69 Å². The van der Waals surface area contributed by atoms with Gasteiger partial charge in [-0.05, 0) is 97.9 Å². The third-order valence-electron chi connectivity index (χ3n) is 7.87. The summed E-state index contributed by atoms with van der Waals surface area (Å²) in [5.41, 5.74) is 8.01. The summed E-state index contributed by atoms with van der Waals surface area (Å²) >= 11 is 0. The molecule has 1 aromatic carbocycles. The Kier molecular flexibility index (Phi) is 9.12. The highest BCUT2D eigenvalue weighted by molar-refractivity contribution is 5.79. The lowest BCUT2D eigenvalue weighted by Gasteiger charge is -2.30. The summed E-state index contributed by atoms with van der Waals surface area (Å²) in [5, 5.41) is 0. The van der Waals surface area contributed by atoms with Crippen LogP contribution in [-0.4, -0.2) is 10.8 Å². The fourth-order valence-electron chi connectivity index (χ4n) is 5.89. The van der Waals surface area contributed by atoms with E-state index < -0.39 is 0 Å². The second-order valence-electron chi connectivity index (χ2n) is 11.3. The lowest BCUT2D eigenvalue weighted by atomic mass is 9.75. The molecule has 0 aliphatic heterocycles. The summed E-state index contributed by atoms with van der Waals surface area (Å²) in [5.74, 6) is 2.17. The number of pyridine rings is 1. The van der Waals surface area contributed by atoms with E-state index in [9.17, 15) is 4.79 Å². The van der Waals surface area contributed by atoms with Crippen molar-refractivity contribution in [1.82, 2.24) is 4.98 Å². The number of rotatable bonds is 10. The molecule has 2 aromatic rings. The van der Waals surface area contributed by atoms with Crippen molar-refractivity contribution < 1.29 is 9.07 Å². The average Bonchev–Trinajstić information content (AvgIpc) is 2.86. The first kappa shape index (κ1) is 25.6. The van der Waals surface area contributed by atoms with Crippen LogP contribution in [0.3, 0.4) is 0 Å². The molecule has 0 saturated heterocycles. The zero-order valence-electron chi connectivity index (χ0n) is 22.1. The number of benzene rings is 1. The Bertz CT molecular complexity index is 1080. The third-order valence-corrected chi connectivity index (χ3v) is 7.87. The zero-order valence-corrected chi connectivity index (χ0v) is 22.1. The lowest BCUT2D eigenvalue weighted by molar-refractivity contribution is -0.120. The number of hydrogen-bond acceptors (Lipinski definition) is 2. The van der Waals surface area contributed by atoms with Crippen LogP contribution in [0.25, 0.3) is 12.2 Å². The van der Waals surface area contributed by atoms with Crippen LogP contribution < -0.4 is 0 Å². The number of hydrogen-bond donors (Lipinski definition) is 0. The molecule has 1 unspecified atom stereocenters. The summed E-state index contributed by atoms with van der Waals surface area (Å²) in [6, 6.07) is 8.69. The fraction of sp³-hybridized carbons (Fsp3) is 0.515. The van der Waals surface area contributed by atoms with E-state index in [1.165, 1.54) is 59.2 Å². The number of aryl methyl sites for hydroxylation is 2. The van der Waals surface area contributed by atoms with Crippen LogP contribution in [0, 0.1) is 18.8 Å². The Hall–Kier alpha value is -2.48. The molecule has 4 rings (SSSR count). The molecule has 2 atom stereocenters. The average molecular weight is 476 g/mol. The van der Waals surface area contributed by atoms with E-state index in [1.54, 1.807) is 0 Å². The summed E-state index contributed by atoms with van der Waals surface area (Å²) in [6.45, 7) is 6.72. The van der Waals surface area contributed by atoms with Crippen molar-refractivity contribution >= 4 is 17.9 Å². The van der Waals surface area contributed by atoms with E-state index in [-0.39, 0.29) is 4.28 Å². The molecule has 35 heavy (non-hydrogen) atoms. The molecule has 0 spiro atoms. The predicted octanol–water partition coefficient (Wildman–Crippen LogP) is 9.40. The molecule has 1 aromatic heterocycles. The number of ketones is 1. The molecule has 0 N–H and O–H groups in total. The van der Waals surface area contributed by atoms with Gasteiger partial charge in [-0.1, -0.05) is 68.8 Å². The quantitative estimate of drug-likeness (QED) is 0.342. The van der Waals surface area contributed by atoms with Crippen molar-refractivity contribution in [2.75, 3.05) is 0 Å². The van der Waals surface area contributed by atoms with Crippen LogP contribution in [0.2, 0.25) is 0 Å². The van der Waals surface area contributed by atoms with Gasteiger partial charge in [-0.3, -0.25) is 9.78 Å². The fourth-order valence-corrected chi connectivity index (χ4v) is 5.89. The standard InChI is InChI=1S/C33H43NO.3H2/c1-24(2)10-4-5-11-26-12-8-13-27(20-26)18-19-30(35)22-28-14-9-15-29(21-28)33-32-17-7-6-16-31(32)25(3)23-34-33;;;/h5,7-8,11-13,17,20,23-24,28-29H,4,6,9-10,14-16,18-19,21-22H2,1-3H3;3*1H/b11-5-;;;/t28-,29?;;;/m1.../s1. The summed E-state index contributed by atoms with van der Waals surface area (Å²) < 4.78 is 0. The second-order valence-corrected chi connectivity index (χ2v) is 11.3. The monoisotopic (exact) mass is 475 g/mol. The Balaban J connectivity index is 0.00000241. The van der Waals surface area contributed by atoms with Gasteiger partial charge >= 0.3 is 0 Å². The van der Waals surface area contributed by atoms with Gasteiger partial charge in [0.25, 0.3) is 0 Å². The highest BCUT2D eigenvalue weighted by atomic mass is 16.1. The number of fused-ring (bicyclic) bond motifs is 1. The zero-order chi connectivity index (χ0) is 24.6. The van der Waals surface area contributed by atoms with Gasteiger partial charge in [0.1, 0.15) is 5.78 Å². The van der Waals surface area contributed by atoms with E-state index in [0.717, 1.165) is 44.4 Å². The first-order chi connectivity index (χ1) is 17.0. The van der Waals surface area contributed by atoms with E-state index >= 15 is 0 Å². The summed E-state index contributed by atoms with van der Waals surface area (Å²) in [6.07, 6.45) is 22.8. The van der Waals surface area contributed by atoms with Crippen LogP contribution in [0.15, 0.2) is 42.6 Å². The van der Waals surface area contributed by atoms with Gasteiger partial charge in [0.15, 0.2) is 0 Å². The predicted molar refractivity (Wildman–Crippen MR) is 155 cm³/mol. The maximum Gasteiger partial charge on any atom is 0.133 e. The minimum absolute atomic E-state index is 0. The van der Waals surface area contributed by atoms with Crippen molar-refractivity contribution in [2.45, 2.75) is 97.3 Å². The molecule has 2 aliphatic rings. The molecular formula is C33H49NO. The van der Waals surface area contributed by atoms with E-state index in [2.05, 4.69) is 75.5 Å². The lowest BCUT2D eigenvalue weighted by Crippen LogP contribution is -2.20. The molecule has 1 heterocycles. The molecular weight excluding hydrogens is 426 g/mol. The van der Waals surface area contributed by atoms with Gasteiger partial charge in [0.2, 0.25) is 0 Å². The maximum atomic E-state index is 12.9. The highest BCUT2D eigenvalue weighted by Gasteiger charge is 2.28. The molecule has 2 aliphatic carbocycles. The van der Waals surface area contributed by atoms with Crippen molar-refractivity contribution in [2.24, 2.45) is 11.8 Å². The van der Waals surface area contributed by atoms with Crippen LogP contribution in [0.5, 0.6) is 0 Å². The molecule has 1 saturated carbocycles. The van der Waals surface area contributed by atoms with E-state index in [0.29, 0.717) is 24.0 Å². The largest absolute Gasteiger partial charge is 0.300 e. The molecule has 2 heteroatoms. The van der Waals surface area contributed by atoms with Crippen molar-refractivity contribution in [3.05, 3.63) is 76.1 Å². The van der Waals surface area contributed by atoms with Gasteiger partial charge in [0, 0.05) is 29.2 Å². The van der Waals surface area contributed by atoms with Crippen LogP contribution in [0.1, 0.15) is 115 Å². The first-order valence-corrected chi connectivity index (χ1v) is 13.9. The number of carbonyl (C=O) groups is 1. The second kappa shape index (κ2) is 12.5. The van der Waals surface area contributed by atoms with E-state index in [4.69, 9.17) is 4.98 Å². The van der Waals surface area contributed by atoms with E-state index in [1.807, 2.05) is 0 Å². The number of carbonyl (C=O) groups excluding carboxylic acids is 1. The van der Waals surface area contributed by atoms with Crippen molar-refractivity contribution in [3.8, 4) is 0 Å². The number of Topliss-reactive ketones (excluding diaryl/α,β-unsaturated/α-hetero) is 1. The van der Waals surface area contributed by atoms with Crippen molar-refractivity contribution in [1.29, 1.82) is 0 Å². The van der Waals surface area contributed by atoms with Crippen LogP contribution in [0.4, 0.5) is 0 Å². The Morgan fingerprint density at radius 3 is 3.00 bits per heavy atom. The highest BCUT2D eigenvalue weighted by Crippen LogP contribution is 2.40. The Labute approximate surface area is 217 Å². The molecule has 0 amide bonds. The Morgan fingerprint density at radius 2 is 2.14 bits per heavy atom. The van der Waals surface area contributed by atoms with Gasteiger partial charge in [-0.15, -0.1) is 0 Å². The minimum Gasteiger partial charge on any atom is -0.300 e. The number of allylic oxidation sites excluding steroid dienone is 2. The van der Waals surface area contributed by atoms with Gasteiger partial charge in [-0.2, -0.15) is 0 Å². The van der Waals surface area contributed by atoms with Crippen molar-refractivity contribution in [3.63, 3.8) is 0 Å². The normalized spacial score (nSPS) is 19.9. The Morgan fingerprint density at radius 1 is 1.26 bits per heavy atom. The van der Waals surface area contributed by atoms with Crippen LogP contribution in [-0.2, 0) is 17.6 Å². The van der Waals surface area contributed by atoms with Gasteiger partial charge in [-0.25, -0.2) is 0 Å². The third kappa shape index (κ3) is 7.26. The summed E-state index contributed by atoms with van der Waals surface area (Å²) in [7, 11) is 0. The molecule has 0 bridgehead atoms.